The van der Waals surface area contributed by atoms with E-state index in [1.807, 2.05) is 19.4 Å². The number of hydrogen-bond acceptors (Lipinski definition) is 5. The van der Waals surface area contributed by atoms with Crippen molar-refractivity contribution in [3.8, 4) is 0 Å². The van der Waals surface area contributed by atoms with Gasteiger partial charge in [-0.15, -0.1) is 0 Å². The second-order valence-corrected chi connectivity index (χ2v) is 4.25. The Hall–Kier alpha value is -1.20. The molecule has 1 aromatic rings. The summed E-state index contributed by atoms with van der Waals surface area (Å²) in [6.07, 6.45) is 4.84. The van der Waals surface area contributed by atoms with Crippen molar-refractivity contribution in [2.45, 2.75) is 25.9 Å². The van der Waals surface area contributed by atoms with Crippen LogP contribution in [0.1, 0.15) is 18.9 Å². The SMILES string of the molecule is CCC1COCCN1c1ncc(CNC)cn1. The van der Waals surface area contributed by atoms with Gasteiger partial charge in [0.05, 0.1) is 19.3 Å². The van der Waals surface area contributed by atoms with Crippen molar-refractivity contribution >= 4 is 5.95 Å². The third kappa shape index (κ3) is 2.92. The highest BCUT2D eigenvalue weighted by Gasteiger charge is 2.23. The van der Waals surface area contributed by atoms with Crippen LogP contribution in [-0.2, 0) is 11.3 Å². The van der Waals surface area contributed by atoms with Gasteiger partial charge in [-0.2, -0.15) is 0 Å². The molecule has 0 radical (unpaired) electrons. The van der Waals surface area contributed by atoms with Gasteiger partial charge in [0, 0.05) is 31.0 Å². The van der Waals surface area contributed by atoms with Crippen LogP contribution in [0.5, 0.6) is 0 Å². The molecule has 5 nitrogen and oxygen atoms in total. The Balaban J connectivity index is 2.09. The summed E-state index contributed by atoms with van der Waals surface area (Å²) < 4.78 is 5.48. The van der Waals surface area contributed by atoms with E-state index in [4.69, 9.17) is 4.74 Å². The van der Waals surface area contributed by atoms with Gasteiger partial charge in [0.15, 0.2) is 0 Å². The van der Waals surface area contributed by atoms with Crippen LogP contribution >= 0.6 is 0 Å². The third-order valence-electron chi connectivity index (χ3n) is 3.03. The number of aromatic nitrogens is 2. The third-order valence-corrected chi connectivity index (χ3v) is 3.03. The van der Waals surface area contributed by atoms with Crippen LogP contribution in [-0.4, -0.2) is 42.8 Å². The molecule has 1 fully saturated rings. The predicted octanol–water partition coefficient (Wildman–Crippen LogP) is 0.811. The molecule has 1 atom stereocenters. The molecule has 1 saturated heterocycles. The minimum Gasteiger partial charge on any atom is -0.377 e. The number of morpholine rings is 1. The quantitative estimate of drug-likeness (QED) is 0.838. The van der Waals surface area contributed by atoms with Gasteiger partial charge in [0.2, 0.25) is 5.95 Å². The molecule has 0 saturated carbocycles. The van der Waals surface area contributed by atoms with E-state index in [1.165, 1.54) is 0 Å². The lowest BCUT2D eigenvalue weighted by Crippen LogP contribution is -2.46. The summed E-state index contributed by atoms with van der Waals surface area (Å²) in [4.78, 5) is 11.1. The summed E-state index contributed by atoms with van der Waals surface area (Å²) in [5.41, 5.74) is 1.11. The van der Waals surface area contributed by atoms with Gasteiger partial charge in [0.25, 0.3) is 0 Å². The number of anilines is 1. The van der Waals surface area contributed by atoms with Crippen LogP contribution in [0.4, 0.5) is 5.95 Å². The van der Waals surface area contributed by atoms with Gasteiger partial charge in [-0.3, -0.25) is 0 Å². The molecule has 94 valence electrons. The maximum Gasteiger partial charge on any atom is 0.225 e. The van der Waals surface area contributed by atoms with E-state index in [9.17, 15) is 0 Å². The molecule has 17 heavy (non-hydrogen) atoms. The summed E-state index contributed by atoms with van der Waals surface area (Å²) in [7, 11) is 1.92. The van der Waals surface area contributed by atoms with Crippen LogP contribution in [0.25, 0.3) is 0 Å². The fourth-order valence-electron chi connectivity index (χ4n) is 2.05. The predicted molar refractivity (Wildman–Crippen MR) is 67.0 cm³/mol. The van der Waals surface area contributed by atoms with Crippen molar-refractivity contribution < 1.29 is 4.74 Å². The van der Waals surface area contributed by atoms with Crippen molar-refractivity contribution in [3.63, 3.8) is 0 Å². The molecule has 1 aliphatic rings. The van der Waals surface area contributed by atoms with Crippen molar-refractivity contribution in [2.24, 2.45) is 0 Å². The highest BCUT2D eigenvalue weighted by Crippen LogP contribution is 2.16. The minimum atomic E-state index is 0.402. The van der Waals surface area contributed by atoms with Gasteiger partial charge < -0.3 is 15.0 Å². The first kappa shape index (κ1) is 12.3. The number of nitrogens with zero attached hydrogens (tertiary/aromatic N) is 3. The number of rotatable bonds is 4. The summed E-state index contributed by atoms with van der Waals surface area (Å²) in [5, 5.41) is 3.09. The van der Waals surface area contributed by atoms with Crippen molar-refractivity contribution in [2.75, 3.05) is 31.7 Å². The summed E-state index contributed by atoms with van der Waals surface area (Å²) in [6, 6.07) is 0.402. The first-order chi connectivity index (χ1) is 8.35. The molecule has 0 bridgehead atoms. The van der Waals surface area contributed by atoms with Crippen LogP contribution < -0.4 is 10.2 Å². The molecule has 0 aromatic carbocycles. The largest absolute Gasteiger partial charge is 0.377 e. The molecule has 5 heteroatoms. The van der Waals surface area contributed by atoms with E-state index in [0.717, 1.165) is 44.2 Å². The fourth-order valence-corrected chi connectivity index (χ4v) is 2.05. The molecular formula is C12H20N4O. The second-order valence-electron chi connectivity index (χ2n) is 4.25. The van der Waals surface area contributed by atoms with Crippen molar-refractivity contribution in [1.29, 1.82) is 0 Å². The molecule has 2 heterocycles. The zero-order chi connectivity index (χ0) is 12.1. The van der Waals surface area contributed by atoms with Crippen LogP contribution in [0.2, 0.25) is 0 Å². The first-order valence-corrected chi connectivity index (χ1v) is 6.15. The maximum absolute atomic E-state index is 5.48. The van der Waals surface area contributed by atoms with Crippen LogP contribution in [0.15, 0.2) is 12.4 Å². The molecule has 1 N–H and O–H groups in total. The molecule has 2 rings (SSSR count). The van der Waals surface area contributed by atoms with E-state index < -0.39 is 0 Å². The van der Waals surface area contributed by atoms with Gasteiger partial charge in [-0.25, -0.2) is 9.97 Å². The second kappa shape index (κ2) is 5.93. The lowest BCUT2D eigenvalue weighted by Gasteiger charge is -2.35. The Morgan fingerprint density at radius 3 is 2.88 bits per heavy atom. The molecule has 0 amide bonds. The molecule has 1 aliphatic heterocycles. The topological polar surface area (TPSA) is 50.3 Å². The van der Waals surface area contributed by atoms with Gasteiger partial charge in [-0.1, -0.05) is 6.92 Å². The summed E-state index contributed by atoms with van der Waals surface area (Å²) in [5.74, 6) is 0.819. The smallest absolute Gasteiger partial charge is 0.225 e. The van der Waals surface area contributed by atoms with E-state index in [-0.39, 0.29) is 0 Å². The van der Waals surface area contributed by atoms with Crippen molar-refractivity contribution in [1.82, 2.24) is 15.3 Å². The highest BCUT2D eigenvalue weighted by atomic mass is 16.5. The standard InChI is InChI=1S/C12H20N4O/c1-3-11-9-17-5-4-16(11)12-14-7-10(6-13-2)8-15-12/h7-8,11,13H,3-6,9H2,1-2H3. The molecule has 0 spiro atoms. The summed E-state index contributed by atoms with van der Waals surface area (Å²) in [6.45, 7) is 5.39. The zero-order valence-corrected chi connectivity index (χ0v) is 10.5. The first-order valence-electron chi connectivity index (χ1n) is 6.15. The van der Waals surface area contributed by atoms with Crippen LogP contribution in [0, 0.1) is 0 Å². The lowest BCUT2D eigenvalue weighted by molar-refractivity contribution is 0.0921. The zero-order valence-electron chi connectivity index (χ0n) is 10.5. The highest BCUT2D eigenvalue weighted by molar-refractivity contribution is 5.32. The lowest BCUT2D eigenvalue weighted by atomic mass is 10.2. The minimum absolute atomic E-state index is 0.402. The Morgan fingerprint density at radius 1 is 1.47 bits per heavy atom. The maximum atomic E-state index is 5.48. The van der Waals surface area contributed by atoms with Gasteiger partial charge in [0.1, 0.15) is 0 Å². The van der Waals surface area contributed by atoms with Crippen molar-refractivity contribution in [3.05, 3.63) is 18.0 Å². The van der Waals surface area contributed by atoms with E-state index in [0.29, 0.717) is 6.04 Å². The Bertz CT molecular complexity index is 341. The number of hydrogen-bond donors (Lipinski definition) is 1. The average Bonchev–Trinajstić information content (AvgIpc) is 2.40. The summed E-state index contributed by atoms with van der Waals surface area (Å²) >= 11 is 0. The molecular weight excluding hydrogens is 216 g/mol. The normalized spacial score (nSPS) is 20.6. The number of ether oxygens (including phenoxy) is 1. The molecule has 1 unspecified atom stereocenters. The Morgan fingerprint density at radius 2 is 2.24 bits per heavy atom. The van der Waals surface area contributed by atoms with Crippen LogP contribution in [0.3, 0.4) is 0 Å². The van der Waals surface area contributed by atoms with E-state index in [2.05, 4.69) is 27.1 Å². The monoisotopic (exact) mass is 236 g/mol. The Kier molecular flexibility index (Phi) is 4.28. The Labute approximate surface area is 102 Å². The number of nitrogens with one attached hydrogen (secondary N) is 1. The average molecular weight is 236 g/mol. The van der Waals surface area contributed by atoms with E-state index in [1.54, 1.807) is 0 Å². The van der Waals surface area contributed by atoms with Gasteiger partial charge >= 0.3 is 0 Å². The molecule has 1 aromatic heterocycles. The fraction of sp³-hybridized carbons (Fsp3) is 0.667. The van der Waals surface area contributed by atoms with E-state index >= 15 is 0 Å². The molecule has 0 aliphatic carbocycles. The van der Waals surface area contributed by atoms with Gasteiger partial charge in [-0.05, 0) is 13.5 Å².